The van der Waals surface area contributed by atoms with E-state index in [0.717, 1.165) is 31.1 Å². The number of hydrogen-bond donors (Lipinski definition) is 1. The lowest BCUT2D eigenvalue weighted by Gasteiger charge is -2.21. The zero-order chi connectivity index (χ0) is 42.5. The van der Waals surface area contributed by atoms with Gasteiger partial charge in [0, 0.05) is 38.3 Å². The van der Waals surface area contributed by atoms with Crippen molar-refractivity contribution >= 4 is 28.4 Å². The maximum atomic E-state index is 13.3. The Hall–Kier alpha value is -6.15. The van der Waals surface area contributed by atoms with Crippen molar-refractivity contribution in [2.75, 3.05) is 0 Å². The lowest BCUT2D eigenvalue weighted by molar-refractivity contribution is 0.112. The number of unbranched alkanes of at least 4 members (excludes halogenated alkanes) is 2. The predicted molar refractivity (Wildman–Crippen MR) is 226 cm³/mol. The highest BCUT2D eigenvalue weighted by molar-refractivity contribution is 5.81. The maximum absolute atomic E-state index is 13.3. The van der Waals surface area contributed by atoms with Crippen molar-refractivity contribution in [3.63, 3.8) is 0 Å². The van der Waals surface area contributed by atoms with Crippen LogP contribution >= 0.6 is 0 Å². The number of carbonyl (C=O) groups is 1. The van der Waals surface area contributed by atoms with Gasteiger partial charge in [0.15, 0.2) is 0 Å². The number of nitrogens with zero attached hydrogens (tertiary/aromatic N) is 6. The average Bonchev–Trinajstić information content (AvgIpc) is 3.22. The monoisotopic (exact) mass is 794 g/mol. The molecule has 1 unspecified atom stereocenters. The van der Waals surface area contributed by atoms with Gasteiger partial charge < -0.3 is 14.6 Å². The molecule has 14 heteroatoms. The summed E-state index contributed by atoms with van der Waals surface area (Å²) in [7, 11) is 3.21. The number of hydrogen-bond acceptors (Lipinski definition) is 10. The van der Waals surface area contributed by atoms with Crippen molar-refractivity contribution in [1.29, 1.82) is 0 Å². The van der Waals surface area contributed by atoms with E-state index in [1.165, 1.54) is 30.7 Å². The van der Waals surface area contributed by atoms with Crippen molar-refractivity contribution in [2.24, 2.45) is 14.1 Å². The second kappa shape index (κ2) is 20.8. The van der Waals surface area contributed by atoms with Crippen LogP contribution in [0.2, 0.25) is 0 Å². The number of aliphatic hydroxyl groups is 1. The van der Waals surface area contributed by atoms with E-state index in [4.69, 9.17) is 9.47 Å². The SMILES string of the molecule is CCCCn1c(=O)c2c(C(O)c3ccccc3)c(OC(C)C)cnc2n(C)c1=O.CCCCn1c(=O)c2cc(OC(C)C)cnc2n(C)c1=O.O=Cc1ccccc1. The van der Waals surface area contributed by atoms with E-state index < -0.39 is 17.4 Å². The van der Waals surface area contributed by atoms with Crippen LogP contribution in [-0.2, 0) is 27.2 Å². The summed E-state index contributed by atoms with van der Waals surface area (Å²) in [6.45, 7) is 12.3. The first-order chi connectivity index (χ1) is 27.7. The highest BCUT2D eigenvalue weighted by atomic mass is 16.5. The first-order valence-electron chi connectivity index (χ1n) is 19.5. The van der Waals surface area contributed by atoms with E-state index in [9.17, 15) is 29.1 Å². The zero-order valence-corrected chi connectivity index (χ0v) is 34.5. The molecule has 0 spiro atoms. The molecule has 0 radical (unpaired) electrons. The summed E-state index contributed by atoms with van der Waals surface area (Å²) in [5.74, 6) is 0.872. The van der Waals surface area contributed by atoms with Crippen LogP contribution in [0.25, 0.3) is 22.1 Å². The Morgan fingerprint density at radius 1 is 0.707 bits per heavy atom. The summed E-state index contributed by atoms with van der Waals surface area (Å²) in [5.41, 5.74) is 0.802. The van der Waals surface area contributed by atoms with Gasteiger partial charge in [-0.15, -0.1) is 0 Å². The number of fused-ring (bicyclic) bond motifs is 2. The van der Waals surface area contributed by atoms with Gasteiger partial charge in [0.1, 0.15) is 35.2 Å². The van der Waals surface area contributed by atoms with Crippen LogP contribution in [0.5, 0.6) is 11.5 Å². The smallest absolute Gasteiger partial charge is 0.332 e. The predicted octanol–water partition coefficient (Wildman–Crippen LogP) is 5.95. The summed E-state index contributed by atoms with van der Waals surface area (Å²) in [5, 5.41) is 11.8. The second-order valence-electron chi connectivity index (χ2n) is 14.3. The van der Waals surface area contributed by atoms with Gasteiger partial charge in [0.2, 0.25) is 0 Å². The molecule has 14 nitrogen and oxygen atoms in total. The molecule has 0 aliphatic heterocycles. The number of aryl methyl sites for hydroxylation is 2. The van der Waals surface area contributed by atoms with Gasteiger partial charge >= 0.3 is 11.4 Å². The normalized spacial score (nSPS) is 11.5. The molecule has 4 heterocycles. The fraction of sp³-hybridized carbons (Fsp3) is 0.386. The summed E-state index contributed by atoms with van der Waals surface area (Å²) in [6.07, 6.45) is 5.83. The van der Waals surface area contributed by atoms with E-state index in [-0.39, 0.29) is 34.5 Å². The molecule has 0 aliphatic rings. The number of carbonyl (C=O) groups excluding carboxylic acids is 1. The number of aromatic nitrogens is 6. The molecule has 58 heavy (non-hydrogen) atoms. The Kier molecular flexibility index (Phi) is 16.0. The van der Waals surface area contributed by atoms with Crippen molar-refractivity contribution in [3.05, 3.63) is 137 Å². The Balaban J connectivity index is 0.000000222. The Bertz CT molecular complexity index is 2540. The maximum Gasteiger partial charge on any atom is 0.332 e. The van der Waals surface area contributed by atoms with Gasteiger partial charge in [-0.1, -0.05) is 87.4 Å². The molecular weight excluding hydrogens is 741 g/mol. The molecule has 0 saturated carbocycles. The largest absolute Gasteiger partial charge is 0.489 e. The lowest BCUT2D eigenvalue weighted by atomic mass is 9.98. The van der Waals surface area contributed by atoms with Crippen molar-refractivity contribution < 1.29 is 19.4 Å². The molecule has 0 aliphatic carbocycles. The fourth-order valence-corrected chi connectivity index (χ4v) is 6.14. The molecule has 0 fully saturated rings. The van der Waals surface area contributed by atoms with Crippen LogP contribution in [-0.4, -0.2) is 51.8 Å². The molecule has 308 valence electrons. The molecule has 0 bridgehead atoms. The summed E-state index contributed by atoms with van der Waals surface area (Å²) >= 11 is 0. The Morgan fingerprint density at radius 3 is 1.74 bits per heavy atom. The van der Waals surface area contributed by atoms with Crippen LogP contribution in [0.1, 0.15) is 94.8 Å². The van der Waals surface area contributed by atoms with Crippen molar-refractivity contribution in [3.8, 4) is 11.5 Å². The minimum Gasteiger partial charge on any atom is -0.489 e. The van der Waals surface area contributed by atoms with Crippen LogP contribution < -0.4 is 32.0 Å². The topological polar surface area (TPSA) is 170 Å². The molecular formula is C44H54N6O8. The highest BCUT2D eigenvalue weighted by Gasteiger charge is 2.25. The molecule has 2 aromatic carbocycles. The number of benzene rings is 2. The molecule has 0 amide bonds. The van der Waals surface area contributed by atoms with Crippen LogP contribution in [0.3, 0.4) is 0 Å². The third-order valence-corrected chi connectivity index (χ3v) is 9.04. The number of ether oxygens (including phenoxy) is 2. The molecule has 4 aromatic heterocycles. The van der Waals surface area contributed by atoms with E-state index in [2.05, 4.69) is 9.97 Å². The van der Waals surface area contributed by atoms with Gasteiger partial charge in [-0.3, -0.25) is 32.7 Å². The number of pyridine rings is 2. The van der Waals surface area contributed by atoms with Gasteiger partial charge in [0.05, 0.1) is 35.4 Å². The van der Waals surface area contributed by atoms with E-state index in [1.807, 2.05) is 77.9 Å². The number of rotatable bonds is 13. The highest BCUT2D eigenvalue weighted by Crippen LogP contribution is 2.34. The molecule has 0 saturated heterocycles. The second-order valence-corrected chi connectivity index (χ2v) is 14.3. The van der Waals surface area contributed by atoms with E-state index in [1.54, 1.807) is 44.4 Å². The number of aliphatic hydroxyl groups excluding tert-OH is 1. The zero-order valence-electron chi connectivity index (χ0n) is 34.5. The Labute approximate surface area is 337 Å². The lowest BCUT2D eigenvalue weighted by Crippen LogP contribution is -2.40. The van der Waals surface area contributed by atoms with E-state index in [0.29, 0.717) is 53.2 Å². The summed E-state index contributed by atoms with van der Waals surface area (Å²) < 4.78 is 16.7. The quantitative estimate of drug-likeness (QED) is 0.138. The molecule has 6 aromatic rings. The molecule has 6 rings (SSSR count). The van der Waals surface area contributed by atoms with Gasteiger partial charge in [0.25, 0.3) is 11.1 Å². The summed E-state index contributed by atoms with van der Waals surface area (Å²) in [4.78, 5) is 69.3. The third kappa shape index (κ3) is 10.6. The first-order valence-corrected chi connectivity index (χ1v) is 19.5. The van der Waals surface area contributed by atoms with Crippen LogP contribution in [0.15, 0.2) is 98.3 Å². The van der Waals surface area contributed by atoms with Gasteiger partial charge in [-0.05, 0) is 52.2 Å². The Morgan fingerprint density at radius 2 is 1.22 bits per heavy atom. The van der Waals surface area contributed by atoms with Crippen molar-refractivity contribution in [1.82, 2.24) is 28.2 Å². The van der Waals surface area contributed by atoms with Crippen molar-refractivity contribution in [2.45, 2.75) is 98.6 Å². The average molecular weight is 795 g/mol. The third-order valence-electron chi connectivity index (χ3n) is 9.04. The first kappa shape index (κ1) is 44.6. The van der Waals surface area contributed by atoms with Gasteiger partial charge in [-0.2, -0.15) is 0 Å². The van der Waals surface area contributed by atoms with Crippen LogP contribution in [0, 0.1) is 0 Å². The van der Waals surface area contributed by atoms with Gasteiger partial charge in [-0.25, -0.2) is 19.6 Å². The fourth-order valence-electron chi connectivity index (χ4n) is 6.14. The minimum absolute atomic E-state index is 0.000835. The standard InChI is InChI=1S/C22H27N3O4.C15H21N3O3.C7H6O/c1-5-6-12-25-21(27)18-17(19(26)15-10-8-7-9-11-15)16(29-14(2)3)13-23-20(18)24(4)22(25)28;1-5-6-7-18-14(19)12-8-11(21-10(2)3)9-16-13(12)17(4)15(18)20;8-6-7-4-2-1-3-5-7/h7-11,13-14,19,26H,5-6,12H2,1-4H3;8-10H,5-7H2,1-4H3;1-6H. The number of aldehydes is 1. The minimum atomic E-state index is -1.10. The summed E-state index contributed by atoms with van der Waals surface area (Å²) in [6, 6.07) is 19.8. The molecule has 1 N–H and O–H groups in total. The molecule has 1 atom stereocenters. The van der Waals surface area contributed by atoms with E-state index >= 15 is 0 Å². The van der Waals surface area contributed by atoms with Crippen LogP contribution in [0.4, 0.5) is 0 Å².